The minimum Gasteiger partial charge on any atom is -0.436 e. The van der Waals surface area contributed by atoms with Crippen molar-refractivity contribution in [3.63, 3.8) is 0 Å². The molecule has 0 radical (unpaired) electrons. The molecule has 0 unspecified atom stereocenters. The minimum atomic E-state index is 0.520. The molecule has 0 bridgehead atoms. The number of aldehydes is 1. The smallest absolute Gasteiger partial charge is 0.241 e. The van der Waals surface area contributed by atoms with Gasteiger partial charge >= 0.3 is 0 Å². The largest absolute Gasteiger partial charge is 0.436 e. The Bertz CT molecular complexity index is 869. The Morgan fingerprint density at radius 2 is 2.00 bits per heavy atom. The summed E-state index contributed by atoms with van der Waals surface area (Å²) < 4.78 is 5.83. The Morgan fingerprint density at radius 1 is 1.18 bits per heavy atom. The number of aromatic nitrogens is 2. The number of ether oxygens (including phenoxy) is 1. The number of halogens is 1. The van der Waals surface area contributed by atoms with Gasteiger partial charge in [0, 0.05) is 22.6 Å². The number of carbonyl (C=O) groups is 1. The highest BCUT2D eigenvalue weighted by atomic mass is 35.5. The fraction of sp³-hybridized carbons (Fsp3) is 0.0588. The summed E-state index contributed by atoms with van der Waals surface area (Å²) >= 11 is 5.91. The second-order valence-corrected chi connectivity index (χ2v) is 5.54. The lowest BCUT2D eigenvalue weighted by Crippen LogP contribution is -2.04. The zero-order chi connectivity index (χ0) is 15.1. The monoisotopic (exact) mass is 310 g/mol. The van der Waals surface area contributed by atoms with Crippen molar-refractivity contribution in [3.05, 3.63) is 64.3 Å². The van der Waals surface area contributed by atoms with E-state index >= 15 is 0 Å². The summed E-state index contributed by atoms with van der Waals surface area (Å²) in [7, 11) is 0. The highest BCUT2D eigenvalue weighted by Crippen LogP contribution is 2.38. The second-order valence-electron chi connectivity index (χ2n) is 5.11. The Hall–Kier alpha value is -2.59. The van der Waals surface area contributed by atoms with E-state index in [2.05, 4.69) is 9.97 Å². The number of nitrogens with zero attached hydrogens (tertiary/aromatic N) is 1. The predicted octanol–water partition coefficient (Wildman–Crippen LogP) is 4.24. The zero-order valence-electron chi connectivity index (χ0n) is 11.5. The summed E-state index contributed by atoms with van der Waals surface area (Å²) in [5.41, 5.74) is 3.35. The molecule has 0 spiro atoms. The molecule has 3 aromatic rings. The van der Waals surface area contributed by atoms with Crippen molar-refractivity contribution in [2.24, 2.45) is 0 Å². The molecule has 0 aliphatic carbocycles. The lowest BCUT2D eigenvalue weighted by atomic mass is 10.0. The lowest BCUT2D eigenvalue weighted by Gasteiger charge is -2.16. The standard InChI is InChI=1S/C17H11ClN2O2/c18-13-6-4-10(5-7-13)16-19-14-8-11-2-1-3-12(9-21)15(11)22-17(14)20-16/h1-7,9H,8H2,(H,19,20). The predicted molar refractivity (Wildman–Crippen MR) is 83.7 cm³/mol. The molecule has 0 fully saturated rings. The van der Waals surface area contributed by atoms with E-state index in [0.29, 0.717) is 28.6 Å². The second kappa shape index (κ2) is 5.00. The van der Waals surface area contributed by atoms with Gasteiger partial charge in [-0.25, -0.2) is 0 Å². The highest BCUT2D eigenvalue weighted by molar-refractivity contribution is 6.30. The maximum atomic E-state index is 11.1. The van der Waals surface area contributed by atoms with Crippen LogP contribution in [0.2, 0.25) is 5.02 Å². The van der Waals surface area contributed by atoms with Gasteiger partial charge in [0.1, 0.15) is 11.6 Å². The molecule has 5 heteroatoms. The van der Waals surface area contributed by atoms with Gasteiger partial charge in [0.2, 0.25) is 5.88 Å². The third-order valence-electron chi connectivity index (χ3n) is 3.68. The van der Waals surface area contributed by atoms with Crippen molar-refractivity contribution in [3.8, 4) is 23.0 Å². The molecule has 1 aromatic heterocycles. The number of para-hydroxylation sites is 1. The van der Waals surface area contributed by atoms with Crippen LogP contribution < -0.4 is 4.74 Å². The number of hydrogen-bond donors (Lipinski definition) is 1. The first-order valence-corrected chi connectivity index (χ1v) is 7.22. The van der Waals surface area contributed by atoms with E-state index in [-0.39, 0.29) is 0 Å². The van der Waals surface area contributed by atoms with Crippen LogP contribution >= 0.6 is 11.6 Å². The molecule has 0 amide bonds. The van der Waals surface area contributed by atoms with Crippen LogP contribution in [0, 0.1) is 0 Å². The number of nitrogens with one attached hydrogen (secondary N) is 1. The Kier molecular flexibility index (Phi) is 2.98. The maximum absolute atomic E-state index is 11.1. The summed E-state index contributed by atoms with van der Waals surface area (Å²) in [4.78, 5) is 18.9. The molecule has 22 heavy (non-hydrogen) atoms. The van der Waals surface area contributed by atoms with Gasteiger partial charge in [0.05, 0.1) is 11.3 Å². The topological polar surface area (TPSA) is 55.0 Å². The molecule has 2 heterocycles. The minimum absolute atomic E-state index is 0.520. The van der Waals surface area contributed by atoms with E-state index in [1.165, 1.54) is 0 Å². The Morgan fingerprint density at radius 3 is 2.77 bits per heavy atom. The van der Waals surface area contributed by atoms with Gasteiger partial charge in [-0.3, -0.25) is 4.79 Å². The number of aromatic amines is 1. The first-order valence-electron chi connectivity index (χ1n) is 6.84. The molecular weight excluding hydrogens is 300 g/mol. The molecule has 1 aliphatic rings. The molecule has 2 aromatic carbocycles. The molecule has 0 atom stereocenters. The van der Waals surface area contributed by atoms with Gasteiger partial charge in [-0.2, -0.15) is 4.98 Å². The number of fused-ring (bicyclic) bond motifs is 2. The van der Waals surface area contributed by atoms with Crippen LogP contribution in [0.1, 0.15) is 21.6 Å². The summed E-state index contributed by atoms with van der Waals surface area (Å²) in [6.07, 6.45) is 1.46. The third kappa shape index (κ3) is 2.09. The fourth-order valence-electron chi connectivity index (χ4n) is 2.59. The maximum Gasteiger partial charge on any atom is 0.241 e. The molecule has 1 N–H and O–H groups in total. The van der Waals surface area contributed by atoms with Crippen LogP contribution in [-0.4, -0.2) is 16.3 Å². The molecule has 108 valence electrons. The van der Waals surface area contributed by atoms with Gasteiger partial charge in [-0.05, 0) is 30.3 Å². The van der Waals surface area contributed by atoms with E-state index in [1.54, 1.807) is 6.07 Å². The summed E-state index contributed by atoms with van der Waals surface area (Å²) in [5.74, 6) is 1.84. The number of imidazole rings is 1. The van der Waals surface area contributed by atoms with Crippen LogP contribution in [0.25, 0.3) is 11.4 Å². The lowest BCUT2D eigenvalue weighted by molar-refractivity contribution is 0.112. The van der Waals surface area contributed by atoms with E-state index in [1.807, 2.05) is 36.4 Å². The van der Waals surface area contributed by atoms with Crippen molar-refractivity contribution >= 4 is 17.9 Å². The molecular formula is C17H11ClN2O2. The van der Waals surface area contributed by atoms with Crippen molar-refractivity contribution in [2.75, 3.05) is 0 Å². The Labute approximate surface area is 131 Å². The summed E-state index contributed by atoms with van der Waals surface area (Å²) in [5, 5.41) is 0.680. The van der Waals surface area contributed by atoms with E-state index in [0.717, 1.165) is 28.9 Å². The van der Waals surface area contributed by atoms with Gasteiger partial charge in [-0.15, -0.1) is 0 Å². The molecule has 0 saturated carbocycles. The van der Waals surface area contributed by atoms with E-state index in [9.17, 15) is 4.79 Å². The van der Waals surface area contributed by atoms with Gasteiger partial charge < -0.3 is 9.72 Å². The number of carbonyl (C=O) groups excluding carboxylic acids is 1. The summed E-state index contributed by atoms with van der Waals surface area (Å²) in [6, 6.07) is 13.0. The number of H-pyrrole nitrogens is 1. The van der Waals surface area contributed by atoms with E-state index in [4.69, 9.17) is 16.3 Å². The first-order chi connectivity index (χ1) is 10.7. The van der Waals surface area contributed by atoms with Crippen molar-refractivity contribution in [1.82, 2.24) is 9.97 Å². The number of hydrogen-bond acceptors (Lipinski definition) is 3. The summed E-state index contributed by atoms with van der Waals surface area (Å²) in [6.45, 7) is 0. The molecule has 0 saturated heterocycles. The quantitative estimate of drug-likeness (QED) is 0.563. The average Bonchev–Trinajstić information content (AvgIpc) is 2.95. The van der Waals surface area contributed by atoms with Crippen LogP contribution in [0.3, 0.4) is 0 Å². The Balaban J connectivity index is 1.75. The van der Waals surface area contributed by atoms with Crippen LogP contribution in [-0.2, 0) is 6.42 Å². The highest BCUT2D eigenvalue weighted by Gasteiger charge is 2.23. The van der Waals surface area contributed by atoms with Crippen molar-refractivity contribution < 1.29 is 9.53 Å². The van der Waals surface area contributed by atoms with Crippen molar-refractivity contribution in [1.29, 1.82) is 0 Å². The zero-order valence-corrected chi connectivity index (χ0v) is 12.2. The van der Waals surface area contributed by atoms with Gasteiger partial charge in [0.25, 0.3) is 0 Å². The third-order valence-corrected chi connectivity index (χ3v) is 3.93. The number of benzene rings is 2. The number of rotatable bonds is 2. The fourth-order valence-corrected chi connectivity index (χ4v) is 2.72. The SMILES string of the molecule is O=Cc1cccc2c1Oc1nc(-c3ccc(Cl)cc3)[nH]c1C2. The average molecular weight is 311 g/mol. The van der Waals surface area contributed by atoms with Crippen LogP contribution in [0.15, 0.2) is 42.5 Å². The molecule has 4 rings (SSSR count). The van der Waals surface area contributed by atoms with Crippen LogP contribution in [0.4, 0.5) is 0 Å². The van der Waals surface area contributed by atoms with Gasteiger partial charge in [-0.1, -0.05) is 23.7 Å². The van der Waals surface area contributed by atoms with Crippen LogP contribution in [0.5, 0.6) is 11.6 Å². The first kappa shape index (κ1) is 13.1. The molecule has 4 nitrogen and oxygen atoms in total. The normalized spacial score (nSPS) is 12.2. The molecule has 1 aliphatic heterocycles. The van der Waals surface area contributed by atoms with Crippen molar-refractivity contribution in [2.45, 2.75) is 6.42 Å². The van der Waals surface area contributed by atoms with Gasteiger partial charge in [0.15, 0.2) is 6.29 Å². The van der Waals surface area contributed by atoms with E-state index < -0.39 is 0 Å².